The molecule has 2 aromatic heterocycles. The molecule has 5 heteroatoms. The summed E-state index contributed by atoms with van der Waals surface area (Å²) in [6, 6.07) is 14.7. The smallest absolute Gasteiger partial charge is 0.106 e. The fourth-order valence-electron chi connectivity index (χ4n) is 2.00. The number of fused-ring (bicyclic) bond motifs is 3. The highest BCUT2D eigenvalue weighted by Gasteiger charge is 2.19. The Morgan fingerprint density at radius 2 is 1.84 bits per heavy atom. The van der Waals surface area contributed by atoms with Crippen LogP contribution in [0.3, 0.4) is 0 Å². The zero-order valence-electron chi connectivity index (χ0n) is 9.74. The molecular formula is C14H8N2S3. The molecule has 0 spiro atoms. The highest BCUT2D eigenvalue weighted by molar-refractivity contribution is 7.98. The van der Waals surface area contributed by atoms with Crippen molar-refractivity contribution in [2.24, 2.45) is 9.63 Å². The summed E-state index contributed by atoms with van der Waals surface area (Å²) in [6.07, 6.45) is 0. The number of hydrogen-bond donors (Lipinski definition) is 0. The zero-order chi connectivity index (χ0) is 12.7. The second-order valence-corrected chi connectivity index (χ2v) is 6.83. The zero-order valence-corrected chi connectivity index (χ0v) is 12.2. The highest BCUT2D eigenvalue weighted by Crippen LogP contribution is 2.50. The SMILES string of the molecule is c1ccc(-c2cc3c(s2)-c2sccc2N=NS3)cc1. The molecule has 3 aromatic rings. The minimum atomic E-state index is 0.984. The molecule has 1 aliphatic rings. The second kappa shape index (κ2) is 4.59. The summed E-state index contributed by atoms with van der Waals surface area (Å²) in [4.78, 5) is 5.01. The predicted molar refractivity (Wildman–Crippen MR) is 83.4 cm³/mol. The first-order valence-electron chi connectivity index (χ1n) is 5.77. The molecule has 0 unspecified atom stereocenters. The number of thiophene rings is 2. The van der Waals surface area contributed by atoms with Crippen molar-refractivity contribution < 1.29 is 0 Å². The van der Waals surface area contributed by atoms with Crippen molar-refractivity contribution in [1.29, 1.82) is 0 Å². The van der Waals surface area contributed by atoms with Crippen molar-refractivity contribution >= 4 is 40.3 Å². The molecular weight excluding hydrogens is 292 g/mol. The van der Waals surface area contributed by atoms with Gasteiger partial charge < -0.3 is 0 Å². The Balaban J connectivity index is 1.90. The van der Waals surface area contributed by atoms with Gasteiger partial charge in [0.15, 0.2) is 0 Å². The van der Waals surface area contributed by atoms with E-state index >= 15 is 0 Å². The lowest BCUT2D eigenvalue weighted by Crippen LogP contribution is -1.68. The van der Waals surface area contributed by atoms with Crippen molar-refractivity contribution in [1.82, 2.24) is 0 Å². The van der Waals surface area contributed by atoms with E-state index in [-0.39, 0.29) is 0 Å². The first-order valence-corrected chi connectivity index (χ1v) is 8.24. The molecule has 3 heterocycles. The summed E-state index contributed by atoms with van der Waals surface area (Å²) < 4.78 is 4.19. The lowest BCUT2D eigenvalue weighted by Gasteiger charge is -1.95. The van der Waals surface area contributed by atoms with Gasteiger partial charge in [0.25, 0.3) is 0 Å². The molecule has 1 aliphatic heterocycles. The van der Waals surface area contributed by atoms with Gasteiger partial charge in [-0.3, -0.25) is 0 Å². The topological polar surface area (TPSA) is 24.7 Å². The van der Waals surface area contributed by atoms with E-state index in [0.29, 0.717) is 0 Å². The third kappa shape index (κ3) is 1.94. The first kappa shape index (κ1) is 11.4. The van der Waals surface area contributed by atoms with E-state index in [1.165, 1.54) is 37.0 Å². The maximum Gasteiger partial charge on any atom is 0.106 e. The van der Waals surface area contributed by atoms with Crippen LogP contribution in [0.5, 0.6) is 0 Å². The van der Waals surface area contributed by atoms with Crippen molar-refractivity contribution in [3.8, 4) is 20.2 Å². The van der Waals surface area contributed by atoms with Gasteiger partial charge in [0, 0.05) is 16.8 Å². The van der Waals surface area contributed by atoms with E-state index < -0.39 is 0 Å². The van der Waals surface area contributed by atoms with E-state index in [4.69, 9.17) is 0 Å². The summed E-state index contributed by atoms with van der Waals surface area (Å²) in [6.45, 7) is 0. The van der Waals surface area contributed by atoms with E-state index in [0.717, 1.165) is 5.69 Å². The summed E-state index contributed by atoms with van der Waals surface area (Å²) >= 11 is 5.01. The van der Waals surface area contributed by atoms with Crippen LogP contribution in [-0.4, -0.2) is 0 Å². The molecule has 19 heavy (non-hydrogen) atoms. The number of hydrogen-bond acceptors (Lipinski definition) is 5. The van der Waals surface area contributed by atoms with Crippen LogP contribution < -0.4 is 0 Å². The van der Waals surface area contributed by atoms with Crippen molar-refractivity contribution in [2.75, 3.05) is 0 Å². The summed E-state index contributed by atoms with van der Waals surface area (Å²) in [5, 5.41) is 6.32. The largest absolute Gasteiger partial charge is 0.142 e. The minimum absolute atomic E-state index is 0.984. The highest BCUT2D eigenvalue weighted by atomic mass is 32.2. The molecule has 0 radical (unpaired) electrons. The van der Waals surface area contributed by atoms with Gasteiger partial charge in [-0.15, -0.1) is 32.3 Å². The summed E-state index contributed by atoms with van der Waals surface area (Å²) in [5.41, 5.74) is 2.24. The average Bonchev–Trinajstić information content (AvgIpc) is 3.04. The van der Waals surface area contributed by atoms with Gasteiger partial charge in [-0.25, -0.2) is 0 Å². The van der Waals surface area contributed by atoms with Gasteiger partial charge in [0.2, 0.25) is 0 Å². The van der Waals surface area contributed by atoms with Crippen LogP contribution in [0, 0.1) is 0 Å². The molecule has 0 saturated carbocycles. The molecule has 2 nitrogen and oxygen atoms in total. The van der Waals surface area contributed by atoms with E-state index in [1.54, 1.807) is 11.3 Å². The van der Waals surface area contributed by atoms with Gasteiger partial charge in [0.05, 0.1) is 14.6 Å². The lowest BCUT2D eigenvalue weighted by molar-refractivity contribution is 1.36. The Kier molecular flexibility index (Phi) is 2.76. The quantitative estimate of drug-likeness (QED) is 0.488. The average molecular weight is 300 g/mol. The molecule has 0 bridgehead atoms. The van der Waals surface area contributed by atoms with Crippen LogP contribution in [-0.2, 0) is 0 Å². The molecule has 0 saturated heterocycles. The minimum Gasteiger partial charge on any atom is -0.142 e. The van der Waals surface area contributed by atoms with Crippen molar-refractivity contribution in [3.63, 3.8) is 0 Å². The first-order chi connectivity index (χ1) is 9.42. The van der Waals surface area contributed by atoms with Crippen molar-refractivity contribution in [2.45, 2.75) is 4.90 Å². The van der Waals surface area contributed by atoms with Crippen LogP contribution in [0.25, 0.3) is 20.2 Å². The Labute approximate surface area is 123 Å². The molecule has 92 valence electrons. The standard InChI is InChI=1S/C14H8N2S3/c1-2-4-9(5-3-1)11-8-12-14(18-11)13-10(6-7-17-13)15-16-19-12/h1-8H. The Morgan fingerprint density at radius 1 is 0.947 bits per heavy atom. The molecule has 0 amide bonds. The Morgan fingerprint density at radius 3 is 2.74 bits per heavy atom. The maximum absolute atomic E-state index is 4.24. The third-order valence-corrected chi connectivity index (χ3v) is 5.96. The van der Waals surface area contributed by atoms with Crippen LogP contribution in [0.1, 0.15) is 0 Å². The number of benzene rings is 1. The number of nitrogens with zero attached hydrogens (tertiary/aromatic N) is 2. The fourth-order valence-corrected chi connectivity index (χ4v) is 5.01. The summed E-state index contributed by atoms with van der Waals surface area (Å²) in [7, 11) is 0. The van der Waals surface area contributed by atoms with Crippen molar-refractivity contribution in [3.05, 3.63) is 47.8 Å². The van der Waals surface area contributed by atoms with Crippen LogP contribution in [0.4, 0.5) is 5.69 Å². The normalized spacial score (nSPS) is 12.8. The molecule has 0 aliphatic carbocycles. The van der Waals surface area contributed by atoms with Gasteiger partial charge in [0.1, 0.15) is 5.69 Å². The molecule has 1 aromatic carbocycles. The Hall–Kier alpha value is -1.43. The lowest BCUT2D eigenvalue weighted by atomic mass is 10.2. The van der Waals surface area contributed by atoms with Gasteiger partial charge in [-0.05, 0) is 23.1 Å². The molecule has 0 fully saturated rings. The third-order valence-electron chi connectivity index (χ3n) is 2.89. The number of rotatable bonds is 1. The molecule has 4 rings (SSSR count). The van der Waals surface area contributed by atoms with E-state index in [1.807, 2.05) is 23.5 Å². The van der Waals surface area contributed by atoms with Crippen LogP contribution in [0.2, 0.25) is 0 Å². The predicted octanol–water partition coefficient (Wildman–Crippen LogP) is 6.25. The van der Waals surface area contributed by atoms with E-state index in [2.05, 4.69) is 45.3 Å². The fraction of sp³-hybridized carbons (Fsp3) is 0. The summed E-state index contributed by atoms with van der Waals surface area (Å²) in [5.74, 6) is 0. The van der Waals surface area contributed by atoms with Gasteiger partial charge in [-0.1, -0.05) is 30.3 Å². The van der Waals surface area contributed by atoms with Gasteiger partial charge in [-0.2, -0.15) is 0 Å². The Bertz CT molecular complexity index is 756. The second-order valence-electron chi connectivity index (χ2n) is 4.08. The van der Waals surface area contributed by atoms with Gasteiger partial charge >= 0.3 is 0 Å². The van der Waals surface area contributed by atoms with E-state index in [9.17, 15) is 0 Å². The molecule has 0 atom stereocenters. The maximum atomic E-state index is 4.24. The molecule has 0 N–H and O–H groups in total. The monoisotopic (exact) mass is 300 g/mol. The van der Waals surface area contributed by atoms with Crippen LogP contribution >= 0.6 is 34.6 Å². The van der Waals surface area contributed by atoms with Crippen LogP contribution in [0.15, 0.2) is 62.4 Å².